The van der Waals surface area contributed by atoms with Gasteiger partial charge in [0.25, 0.3) is 0 Å². The van der Waals surface area contributed by atoms with Crippen LogP contribution in [0.4, 0.5) is 0 Å². The van der Waals surface area contributed by atoms with Crippen molar-refractivity contribution in [1.29, 1.82) is 0 Å². The van der Waals surface area contributed by atoms with Crippen molar-refractivity contribution in [3.05, 3.63) is 72.3 Å². The van der Waals surface area contributed by atoms with Crippen molar-refractivity contribution in [2.45, 2.75) is 22.9 Å². The monoisotopic (exact) mass is 310 g/mol. The molecular weight excluding hydrogens is 292 g/mol. The average Bonchev–Trinajstić information content (AvgIpc) is 2.95. The lowest BCUT2D eigenvalue weighted by atomic mass is 10.2. The van der Waals surface area contributed by atoms with Crippen LogP contribution >= 0.6 is 11.8 Å². The van der Waals surface area contributed by atoms with Gasteiger partial charge < -0.3 is 9.88 Å². The van der Waals surface area contributed by atoms with Gasteiger partial charge in [0, 0.05) is 23.4 Å². The molecule has 0 saturated carbocycles. The Morgan fingerprint density at radius 1 is 0.955 bits per heavy atom. The highest BCUT2D eigenvalue weighted by atomic mass is 32.2. The van der Waals surface area contributed by atoms with Crippen molar-refractivity contribution in [2.24, 2.45) is 7.05 Å². The highest BCUT2D eigenvalue weighted by Gasteiger charge is 2.01. The molecule has 112 valence electrons. The molecule has 1 heterocycles. The van der Waals surface area contributed by atoms with E-state index in [9.17, 15) is 0 Å². The number of aromatic nitrogens is 3. The summed E-state index contributed by atoms with van der Waals surface area (Å²) >= 11 is 1.78. The highest BCUT2D eigenvalue weighted by molar-refractivity contribution is 7.99. The van der Waals surface area contributed by atoms with Crippen molar-refractivity contribution in [2.75, 3.05) is 0 Å². The van der Waals surface area contributed by atoms with Crippen molar-refractivity contribution >= 4 is 11.8 Å². The molecule has 0 aliphatic carbocycles. The second kappa shape index (κ2) is 7.24. The number of hydrogen-bond acceptors (Lipinski definition) is 4. The molecule has 4 nitrogen and oxygen atoms in total. The van der Waals surface area contributed by atoms with Crippen LogP contribution in [0.25, 0.3) is 0 Å². The van der Waals surface area contributed by atoms with Crippen LogP contribution in [-0.2, 0) is 20.1 Å². The van der Waals surface area contributed by atoms with Crippen LogP contribution in [0.5, 0.6) is 0 Å². The van der Waals surface area contributed by atoms with Gasteiger partial charge in [0.1, 0.15) is 12.2 Å². The molecule has 0 radical (unpaired) electrons. The lowest BCUT2D eigenvalue weighted by molar-refractivity contribution is 0.637. The summed E-state index contributed by atoms with van der Waals surface area (Å²) < 4.78 is 1.92. The molecule has 1 aromatic heterocycles. The summed E-state index contributed by atoms with van der Waals surface area (Å²) in [7, 11) is 1.95. The summed E-state index contributed by atoms with van der Waals surface area (Å²) in [4.78, 5) is 2.51. The maximum atomic E-state index is 4.06. The van der Waals surface area contributed by atoms with Gasteiger partial charge in [-0.25, -0.2) is 0 Å². The van der Waals surface area contributed by atoms with Crippen LogP contribution in [0.3, 0.4) is 0 Å². The van der Waals surface area contributed by atoms with Crippen LogP contribution in [0, 0.1) is 0 Å². The van der Waals surface area contributed by atoms with E-state index in [1.54, 1.807) is 18.1 Å². The SMILES string of the molecule is Cn1cnnc1CNCc1ccc(Sc2ccccc2)cc1. The molecule has 0 atom stereocenters. The van der Waals surface area contributed by atoms with Gasteiger partial charge in [-0.2, -0.15) is 0 Å². The summed E-state index contributed by atoms with van der Waals surface area (Å²) in [6.07, 6.45) is 1.71. The number of benzene rings is 2. The Morgan fingerprint density at radius 2 is 1.68 bits per heavy atom. The minimum Gasteiger partial charge on any atom is -0.320 e. The summed E-state index contributed by atoms with van der Waals surface area (Å²) in [6.45, 7) is 1.54. The Morgan fingerprint density at radius 3 is 2.36 bits per heavy atom. The van der Waals surface area contributed by atoms with E-state index >= 15 is 0 Å². The Balaban J connectivity index is 1.52. The van der Waals surface area contributed by atoms with Gasteiger partial charge in [0.05, 0.1) is 6.54 Å². The first-order valence-electron chi connectivity index (χ1n) is 7.17. The Bertz CT molecular complexity index is 707. The lowest BCUT2D eigenvalue weighted by Gasteiger charge is -2.06. The normalized spacial score (nSPS) is 10.8. The van der Waals surface area contributed by atoms with E-state index in [1.165, 1.54) is 15.4 Å². The van der Waals surface area contributed by atoms with Crippen LogP contribution in [0.15, 0.2) is 70.7 Å². The quantitative estimate of drug-likeness (QED) is 0.759. The minimum atomic E-state index is 0.719. The first-order valence-corrected chi connectivity index (χ1v) is 7.98. The molecule has 0 unspecified atom stereocenters. The van der Waals surface area contributed by atoms with Gasteiger partial charge in [0.15, 0.2) is 0 Å². The molecular formula is C17H18N4S. The smallest absolute Gasteiger partial charge is 0.146 e. The average molecular weight is 310 g/mol. The molecule has 3 aromatic rings. The van der Waals surface area contributed by atoms with E-state index in [0.717, 1.165) is 18.9 Å². The maximum absolute atomic E-state index is 4.06. The third-order valence-electron chi connectivity index (χ3n) is 3.32. The molecule has 0 aliphatic heterocycles. The van der Waals surface area contributed by atoms with Crippen LogP contribution in [0.2, 0.25) is 0 Å². The van der Waals surface area contributed by atoms with Crippen LogP contribution in [0.1, 0.15) is 11.4 Å². The summed E-state index contributed by atoms with van der Waals surface area (Å²) in [5, 5.41) is 11.3. The fourth-order valence-corrected chi connectivity index (χ4v) is 2.92. The lowest BCUT2D eigenvalue weighted by Crippen LogP contribution is -2.15. The van der Waals surface area contributed by atoms with Crippen LogP contribution < -0.4 is 5.32 Å². The number of nitrogens with zero attached hydrogens (tertiary/aromatic N) is 3. The molecule has 2 aromatic carbocycles. The Hall–Kier alpha value is -2.11. The predicted molar refractivity (Wildman–Crippen MR) is 88.6 cm³/mol. The Labute approximate surface area is 134 Å². The summed E-state index contributed by atoms with van der Waals surface area (Å²) in [6, 6.07) is 19.1. The van der Waals surface area contributed by atoms with Crippen molar-refractivity contribution in [3.63, 3.8) is 0 Å². The van der Waals surface area contributed by atoms with Crippen molar-refractivity contribution < 1.29 is 0 Å². The van der Waals surface area contributed by atoms with Crippen molar-refractivity contribution in [1.82, 2.24) is 20.1 Å². The zero-order valence-electron chi connectivity index (χ0n) is 12.4. The van der Waals surface area contributed by atoms with Gasteiger partial charge in [-0.15, -0.1) is 10.2 Å². The molecule has 0 spiro atoms. The van der Waals surface area contributed by atoms with Gasteiger partial charge in [-0.05, 0) is 29.8 Å². The first kappa shape index (κ1) is 14.8. The standard InChI is InChI=1S/C17H18N4S/c1-21-13-19-20-17(21)12-18-11-14-7-9-16(10-8-14)22-15-5-3-2-4-6-15/h2-10,13,18H,11-12H2,1H3. The second-order valence-electron chi connectivity index (χ2n) is 5.02. The van der Waals surface area contributed by atoms with E-state index in [2.05, 4.69) is 64.0 Å². The zero-order chi connectivity index (χ0) is 15.2. The van der Waals surface area contributed by atoms with Crippen LogP contribution in [-0.4, -0.2) is 14.8 Å². The Kier molecular flexibility index (Phi) is 4.88. The number of nitrogens with one attached hydrogen (secondary N) is 1. The molecule has 3 rings (SSSR count). The van der Waals surface area contributed by atoms with Gasteiger partial charge >= 0.3 is 0 Å². The first-order chi connectivity index (χ1) is 10.8. The molecule has 0 aliphatic rings. The van der Waals surface area contributed by atoms with E-state index in [-0.39, 0.29) is 0 Å². The molecule has 0 saturated heterocycles. The fourth-order valence-electron chi connectivity index (χ4n) is 2.09. The molecule has 5 heteroatoms. The minimum absolute atomic E-state index is 0.719. The van der Waals surface area contributed by atoms with Crippen molar-refractivity contribution in [3.8, 4) is 0 Å². The van der Waals surface area contributed by atoms with Gasteiger partial charge in [-0.1, -0.05) is 42.1 Å². The maximum Gasteiger partial charge on any atom is 0.146 e. The second-order valence-corrected chi connectivity index (χ2v) is 6.17. The largest absolute Gasteiger partial charge is 0.320 e. The summed E-state index contributed by atoms with van der Waals surface area (Å²) in [5.41, 5.74) is 1.26. The molecule has 0 fully saturated rings. The third kappa shape index (κ3) is 3.96. The molecule has 22 heavy (non-hydrogen) atoms. The molecule has 1 N–H and O–H groups in total. The zero-order valence-corrected chi connectivity index (χ0v) is 13.3. The van der Waals surface area contributed by atoms with Gasteiger partial charge in [0.2, 0.25) is 0 Å². The number of rotatable bonds is 6. The predicted octanol–water partition coefficient (Wildman–Crippen LogP) is 3.26. The van der Waals surface area contributed by atoms with E-state index < -0.39 is 0 Å². The van der Waals surface area contributed by atoms with E-state index in [4.69, 9.17) is 0 Å². The summed E-state index contributed by atoms with van der Waals surface area (Å²) in [5.74, 6) is 0.941. The van der Waals surface area contributed by atoms with E-state index in [1.807, 2.05) is 17.7 Å². The topological polar surface area (TPSA) is 42.7 Å². The fraction of sp³-hybridized carbons (Fsp3) is 0.176. The van der Waals surface area contributed by atoms with Gasteiger partial charge in [-0.3, -0.25) is 0 Å². The number of aryl methyl sites for hydroxylation is 1. The van der Waals surface area contributed by atoms with E-state index in [0.29, 0.717) is 0 Å². The molecule has 0 bridgehead atoms. The molecule has 0 amide bonds. The number of hydrogen-bond donors (Lipinski definition) is 1. The highest BCUT2D eigenvalue weighted by Crippen LogP contribution is 2.27. The third-order valence-corrected chi connectivity index (χ3v) is 4.34.